The van der Waals surface area contributed by atoms with Gasteiger partial charge in [-0.3, -0.25) is 4.79 Å². The SMILES string of the molecule is O=Cc1c(-c2ccc(Cl)cc2Cl)noc1Br. The van der Waals surface area contributed by atoms with E-state index in [1.54, 1.807) is 18.2 Å². The maximum Gasteiger partial charge on any atom is 0.213 e. The van der Waals surface area contributed by atoms with E-state index in [-0.39, 0.29) is 4.67 Å². The fraction of sp³-hybridized carbons (Fsp3) is 0. The molecule has 1 aromatic carbocycles. The summed E-state index contributed by atoms with van der Waals surface area (Å²) >= 11 is 14.9. The Balaban J connectivity index is 2.63. The molecule has 0 unspecified atom stereocenters. The van der Waals surface area contributed by atoms with Gasteiger partial charge < -0.3 is 4.52 Å². The monoisotopic (exact) mass is 319 g/mol. The van der Waals surface area contributed by atoms with Crippen molar-refractivity contribution in [3.8, 4) is 11.3 Å². The molecule has 0 N–H and O–H groups in total. The zero-order valence-electron chi connectivity index (χ0n) is 7.71. The van der Waals surface area contributed by atoms with Crippen molar-refractivity contribution in [2.24, 2.45) is 0 Å². The van der Waals surface area contributed by atoms with Crippen molar-refractivity contribution in [1.82, 2.24) is 5.16 Å². The molecular formula is C10H4BrCl2NO2. The number of carbonyl (C=O) groups is 1. The van der Waals surface area contributed by atoms with Crippen LogP contribution in [0.1, 0.15) is 10.4 Å². The first kappa shape index (κ1) is 11.6. The minimum atomic E-state index is 0.281. The number of hydrogen-bond acceptors (Lipinski definition) is 3. The number of carbonyl (C=O) groups excluding carboxylic acids is 1. The van der Waals surface area contributed by atoms with Gasteiger partial charge in [-0.05, 0) is 34.1 Å². The van der Waals surface area contributed by atoms with E-state index in [1.165, 1.54) is 0 Å². The number of aldehydes is 1. The van der Waals surface area contributed by atoms with Crippen molar-refractivity contribution >= 4 is 45.4 Å². The quantitative estimate of drug-likeness (QED) is 0.778. The molecule has 2 aromatic rings. The Morgan fingerprint density at radius 3 is 2.75 bits per heavy atom. The standard InChI is InChI=1S/C10H4BrCl2NO2/c11-10-7(4-15)9(14-16-10)6-2-1-5(12)3-8(6)13/h1-4H. The van der Waals surface area contributed by atoms with Gasteiger partial charge in [-0.1, -0.05) is 28.4 Å². The summed E-state index contributed by atoms with van der Waals surface area (Å²) in [7, 11) is 0. The summed E-state index contributed by atoms with van der Waals surface area (Å²) in [5, 5.41) is 4.70. The van der Waals surface area contributed by atoms with Gasteiger partial charge in [0.05, 0.1) is 10.6 Å². The number of rotatable bonds is 2. The van der Waals surface area contributed by atoms with E-state index in [0.717, 1.165) is 0 Å². The summed E-state index contributed by atoms with van der Waals surface area (Å²) in [6.45, 7) is 0. The van der Waals surface area contributed by atoms with Crippen molar-refractivity contribution < 1.29 is 9.32 Å². The molecule has 0 fully saturated rings. The van der Waals surface area contributed by atoms with Gasteiger partial charge in [0, 0.05) is 10.6 Å². The van der Waals surface area contributed by atoms with Crippen LogP contribution in [0.4, 0.5) is 0 Å². The molecule has 3 nitrogen and oxygen atoms in total. The van der Waals surface area contributed by atoms with E-state index in [1.807, 2.05) is 0 Å². The molecule has 0 atom stereocenters. The molecule has 0 saturated heterocycles. The predicted octanol–water partition coefficient (Wildman–Crippen LogP) is 4.22. The largest absolute Gasteiger partial charge is 0.348 e. The molecule has 0 aliphatic heterocycles. The second-order valence-corrected chi connectivity index (χ2v) is 4.52. The molecule has 0 saturated carbocycles. The smallest absolute Gasteiger partial charge is 0.213 e. The van der Waals surface area contributed by atoms with Crippen molar-refractivity contribution in [2.45, 2.75) is 0 Å². The zero-order chi connectivity index (χ0) is 11.7. The fourth-order valence-corrected chi connectivity index (χ4v) is 2.11. The van der Waals surface area contributed by atoms with Crippen molar-refractivity contribution in [3.05, 3.63) is 38.5 Å². The van der Waals surface area contributed by atoms with Gasteiger partial charge in [0.25, 0.3) is 0 Å². The van der Waals surface area contributed by atoms with E-state index < -0.39 is 0 Å². The second-order valence-electron chi connectivity index (χ2n) is 2.96. The molecule has 0 bridgehead atoms. The third-order valence-electron chi connectivity index (χ3n) is 1.99. The molecule has 0 aliphatic carbocycles. The number of aromatic nitrogens is 1. The van der Waals surface area contributed by atoms with Crippen molar-refractivity contribution in [3.63, 3.8) is 0 Å². The molecular weight excluding hydrogens is 317 g/mol. The number of benzene rings is 1. The van der Waals surface area contributed by atoms with Gasteiger partial charge in [-0.15, -0.1) is 0 Å². The Bertz CT molecular complexity index is 554. The van der Waals surface area contributed by atoms with Crippen LogP contribution in [0.3, 0.4) is 0 Å². The van der Waals surface area contributed by atoms with Crippen LogP contribution in [-0.4, -0.2) is 11.4 Å². The minimum Gasteiger partial charge on any atom is -0.348 e. The van der Waals surface area contributed by atoms with Crippen LogP contribution in [0.5, 0.6) is 0 Å². The Hall–Kier alpha value is -0.840. The molecule has 0 radical (unpaired) electrons. The summed E-state index contributed by atoms with van der Waals surface area (Å²) < 4.78 is 5.15. The van der Waals surface area contributed by atoms with Gasteiger partial charge in [0.1, 0.15) is 5.69 Å². The van der Waals surface area contributed by atoms with Crippen LogP contribution in [0.25, 0.3) is 11.3 Å². The van der Waals surface area contributed by atoms with E-state index >= 15 is 0 Å². The first-order valence-electron chi connectivity index (χ1n) is 4.19. The lowest BCUT2D eigenvalue weighted by atomic mass is 10.1. The summed E-state index contributed by atoms with van der Waals surface area (Å²) in [6.07, 6.45) is 0.654. The number of nitrogens with zero attached hydrogens (tertiary/aromatic N) is 1. The minimum absolute atomic E-state index is 0.281. The van der Waals surface area contributed by atoms with Gasteiger partial charge in [0.2, 0.25) is 4.67 Å². The molecule has 16 heavy (non-hydrogen) atoms. The van der Waals surface area contributed by atoms with E-state index in [0.29, 0.717) is 33.2 Å². The van der Waals surface area contributed by atoms with Gasteiger partial charge >= 0.3 is 0 Å². The summed E-state index contributed by atoms with van der Waals surface area (Å²) in [4.78, 5) is 10.9. The Morgan fingerprint density at radius 1 is 1.38 bits per heavy atom. The summed E-state index contributed by atoms with van der Waals surface area (Å²) in [5.74, 6) is 0. The molecule has 1 aromatic heterocycles. The molecule has 0 amide bonds. The Kier molecular flexibility index (Phi) is 3.33. The first-order chi connectivity index (χ1) is 7.63. The highest BCUT2D eigenvalue weighted by Crippen LogP contribution is 2.33. The maximum absolute atomic E-state index is 10.9. The van der Waals surface area contributed by atoms with Gasteiger partial charge in [-0.2, -0.15) is 0 Å². The highest BCUT2D eigenvalue weighted by atomic mass is 79.9. The average molecular weight is 321 g/mol. The number of hydrogen-bond donors (Lipinski definition) is 0. The Labute approximate surface area is 109 Å². The third-order valence-corrected chi connectivity index (χ3v) is 3.11. The maximum atomic E-state index is 10.9. The van der Waals surface area contributed by atoms with Crippen LogP contribution in [0.15, 0.2) is 27.4 Å². The predicted molar refractivity (Wildman–Crippen MR) is 65.0 cm³/mol. The Morgan fingerprint density at radius 2 is 2.12 bits per heavy atom. The summed E-state index contributed by atoms with van der Waals surface area (Å²) in [6, 6.07) is 4.93. The van der Waals surface area contributed by atoms with E-state index in [2.05, 4.69) is 21.1 Å². The van der Waals surface area contributed by atoms with Crippen LogP contribution in [0.2, 0.25) is 10.0 Å². The second kappa shape index (κ2) is 4.57. The highest BCUT2D eigenvalue weighted by molar-refractivity contribution is 9.10. The average Bonchev–Trinajstić information content (AvgIpc) is 2.59. The molecule has 2 rings (SSSR count). The molecule has 6 heteroatoms. The first-order valence-corrected chi connectivity index (χ1v) is 5.74. The van der Waals surface area contributed by atoms with Crippen molar-refractivity contribution in [1.29, 1.82) is 0 Å². The van der Waals surface area contributed by atoms with Gasteiger partial charge in [0.15, 0.2) is 6.29 Å². The molecule has 0 spiro atoms. The highest BCUT2D eigenvalue weighted by Gasteiger charge is 2.17. The van der Waals surface area contributed by atoms with Crippen LogP contribution < -0.4 is 0 Å². The summed E-state index contributed by atoms with van der Waals surface area (Å²) in [5.41, 5.74) is 1.32. The topological polar surface area (TPSA) is 43.1 Å². The lowest BCUT2D eigenvalue weighted by Crippen LogP contribution is -1.86. The van der Waals surface area contributed by atoms with Crippen molar-refractivity contribution in [2.75, 3.05) is 0 Å². The normalized spacial score (nSPS) is 10.4. The van der Waals surface area contributed by atoms with Crippen LogP contribution >= 0.6 is 39.1 Å². The molecule has 1 heterocycles. The van der Waals surface area contributed by atoms with Crippen LogP contribution in [-0.2, 0) is 0 Å². The molecule has 82 valence electrons. The number of halogens is 3. The van der Waals surface area contributed by atoms with Crippen LogP contribution in [0, 0.1) is 0 Å². The van der Waals surface area contributed by atoms with E-state index in [4.69, 9.17) is 27.7 Å². The lowest BCUT2D eigenvalue weighted by molar-refractivity contribution is 0.112. The van der Waals surface area contributed by atoms with E-state index in [9.17, 15) is 4.79 Å². The third kappa shape index (κ3) is 2.00. The fourth-order valence-electron chi connectivity index (χ4n) is 1.26. The lowest BCUT2D eigenvalue weighted by Gasteiger charge is -2.00. The zero-order valence-corrected chi connectivity index (χ0v) is 10.8. The van der Waals surface area contributed by atoms with Gasteiger partial charge in [-0.25, -0.2) is 0 Å². The molecule has 0 aliphatic rings.